The highest BCUT2D eigenvalue weighted by atomic mass is 32.2. The fraction of sp³-hybridized carbons (Fsp3) is 0.480. The van der Waals surface area contributed by atoms with E-state index in [-0.39, 0.29) is 42.3 Å². The third kappa shape index (κ3) is 7.06. The molecule has 0 unspecified atom stereocenters. The maximum Gasteiger partial charge on any atom is 0.420 e. The third-order valence-corrected chi connectivity index (χ3v) is 7.76. The van der Waals surface area contributed by atoms with Crippen LogP contribution in [0.1, 0.15) is 24.2 Å². The van der Waals surface area contributed by atoms with Crippen molar-refractivity contribution >= 4 is 16.0 Å². The first kappa shape index (κ1) is 29.7. The molecule has 1 N–H and O–H groups in total. The summed E-state index contributed by atoms with van der Waals surface area (Å²) >= 11 is 0. The molecular formula is C25H31F4N7O3S. The summed E-state index contributed by atoms with van der Waals surface area (Å²) < 4.78 is 88.5. The van der Waals surface area contributed by atoms with E-state index in [1.54, 1.807) is 13.0 Å². The Morgan fingerprint density at radius 2 is 1.88 bits per heavy atom. The molecule has 0 aliphatic carbocycles. The van der Waals surface area contributed by atoms with E-state index in [1.165, 1.54) is 27.2 Å². The van der Waals surface area contributed by atoms with Crippen molar-refractivity contribution < 1.29 is 30.7 Å². The molecule has 3 aromatic rings. The minimum Gasteiger partial charge on any atom is -0.492 e. The van der Waals surface area contributed by atoms with Crippen molar-refractivity contribution in [2.45, 2.75) is 32.0 Å². The zero-order valence-electron chi connectivity index (χ0n) is 22.5. The van der Waals surface area contributed by atoms with Crippen LogP contribution in [0, 0.1) is 12.7 Å². The predicted molar refractivity (Wildman–Crippen MR) is 141 cm³/mol. The number of aromatic nitrogens is 4. The molecule has 0 spiro atoms. The number of nitrogens with one attached hydrogen (secondary N) is 1. The van der Waals surface area contributed by atoms with Crippen LogP contribution in [0.25, 0.3) is 17.1 Å². The number of nitrogens with zero attached hydrogens (tertiary/aromatic N) is 6. The Morgan fingerprint density at radius 3 is 2.48 bits per heavy atom. The summed E-state index contributed by atoms with van der Waals surface area (Å²) in [7, 11) is 0.452. The molecule has 4 rings (SSSR count). The van der Waals surface area contributed by atoms with Gasteiger partial charge in [0, 0.05) is 44.1 Å². The molecule has 2 aromatic heterocycles. The van der Waals surface area contributed by atoms with E-state index in [2.05, 4.69) is 20.3 Å². The van der Waals surface area contributed by atoms with Crippen LogP contribution in [0.15, 0.2) is 30.6 Å². The molecule has 15 heteroatoms. The Bertz CT molecular complexity index is 1450. The van der Waals surface area contributed by atoms with Crippen LogP contribution < -0.4 is 10.1 Å². The lowest BCUT2D eigenvalue weighted by Crippen LogP contribution is -2.42. The maximum atomic E-state index is 15.0. The molecule has 0 bridgehead atoms. The van der Waals surface area contributed by atoms with Crippen molar-refractivity contribution in [3.05, 3.63) is 47.8 Å². The van der Waals surface area contributed by atoms with E-state index < -0.39 is 33.3 Å². The average Bonchev–Trinajstić information content (AvgIpc) is 3.24. The number of hydrogen-bond donors (Lipinski definition) is 1. The van der Waals surface area contributed by atoms with Gasteiger partial charge in [0.1, 0.15) is 35.1 Å². The summed E-state index contributed by atoms with van der Waals surface area (Å²) in [6, 6.07) is 4.04. The lowest BCUT2D eigenvalue weighted by molar-refractivity contribution is -0.137. The highest BCUT2D eigenvalue weighted by Gasteiger charge is 2.36. The van der Waals surface area contributed by atoms with Crippen LogP contribution in [0.4, 0.5) is 23.5 Å². The summed E-state index contributed by atoms with van der Waals surface area (Å²) in [4.78, 5) is 14.2. The Labute approximate surface area is 230 Å². The molecule has 0 radical (unpaired) electrons. The number of aryl methyl sites for hydroxylation is 1. The van der Waals surface area contributed by atoms with Gasteiger partial charge in [-0.25, -0.2) is 32.1 Å². The number of alkyl halides is 3. The molecule has 1 aliphatic rings. The normalized spacial score (nSPS) is 15.5. The lowest BCUT2D eigenvalue weighted by atomic mass is 10.1. The zero-order valence-corrected chi connectivity index (χ0v) is 23.4. The number of hydrogen-bond acceptors (Lipinski definition) is 8. The number of likely N-dealkylation sites (N-methyl/N-ethyl adjacent to an activating group) is 1. The van der Waals surface area contributed by atoms with Crippen molar-refractivity contribution in [2.24, 2.45) is 0 Å². The monoisotopic (exact) mass is 585 g/mol. The topological polar surface area (TPSA) is 105 Å². The quantitative estimate of drug-likeness (QED) is 0.380. The van der Waals surface area contributed by atoms with E-state index in [1.807, 2.05) is 19.0 Å². The summed E-state index contributed by atoms with van der Waals surface area (Å²) in [6.45, 7) is 3.11. The van der Waals surface area contributed by atoms with Gasteiger partial charge in [-0.05, 0) is 46.0 Å². The van der Waals surface area contributed by atoms with Gasteiger partial charge in [0.2, 0.25) is 16.0 Å². The van der Waals surface area contributed by atoms with Gasteiger partial charge >= 0.3 is 6.18 Å². The summed E-state index contributed by atoms with van der Waals surface area (Å²) in [5.74, 6) is -0.0896. The van der Waals surface area contributed by atoms with E-state index in [9.17, 15) is 21.6 Å². The number of imidazole rings is 1. The number of halogens is 4. The van der Waals surface area contributed by atoms with Crippen molar-refractivity contribution in [1.29, 1.82) is 0 Å². The van der Waals surface area contributed by atoms with Gasteiger partial charge in [0.05, 0.1) is 11.9 Å². The molecule has 0 amide bonds. The number of anilines is 1. The molecule has 1 aliphatic heterocycles. The molecule has 0 saturated carbocycles. The number of sulfonamides is 1. The standard InChI is InChI=1S/C25H31F4N7O3S/c1-16-31-21(15-36(16)22-6-5-18(13-20(22)26)39-12-11-34(2)3)23-19(25(27,28)29)14-30-24(33-23)32-17-7-9-35(10-8-17)40(4,37)38/h5-6,13-15,17H,7-12H2,1-4H3,(H,30,32,33). The van der Waals surface area contributed by atoms with Crippen LogP contribution >= 0.6 is 0 Å². The summed E-state index contributed by atoms with van der Waals surface area (Å²) in [5.41, 5.74) is -1.55. The molecule has 40 heavy (non-hydrogen) atoms. The SMILES string of the molecule is Cc1nc(-c2nc(NC3CCN(S(C)(=O)=O)CC3)ncc2C(F)(F)F)cn1-c1ccc(OCCN(C)C)cc1F. The van der Waals surface area contributed by atoms with Gasteiger partial charge in [-0.3, -0.25) is 0 Å². The minimum atomic E-state index is -4.76. The predicted octanol–water partition coefficient (Wildman–Crippen LogP) is 3.57. The average molecular weight is 586 g/mol. The smallest absolute Gasteiger partial charge is 0.420 e. The summed E-state index contributed by atoms with van der Waals surface area (Å²) in [5, 5.41) is 3.01. The molecule has 0 atom stereocenters. The van der Waals surface area contributed by atoms with Gasteiger partial charge in [0.15, 0.2) is 5.82 Å². The Hall–Kier alpha value is -3.30. The lowest BCUT2D eigenvalue weighted by Gasteiger charge is -2.30. The van der Waals surface area contributed by atoms with Gasteiger partial charge in [-0.1, -0.05) is 0 Å². The minimum absolute atomic E-state index is 0.0431. The van der Waals surface area contributed by atoms with Gasteiger partial charge in [-0.2, -0.15) is 13.2 Å². The zero-order chi connectivity index (χ0) is 29.2. The van der Waals surface area contributed by atoms with Crippen LogP contribution in [0.5, 0.6) is 5.75 Å². The first-order chi connectivity index (χ1) is 18.7. The number of ether oxygens (including phenoxy) is 1. The van der Waals surface area contributed by atoms with Crippen molar-refractivity contribution in [2.75, 3.05) is 51.9 Å². The Kier molecular flexibility index (Phi) is 8.66. The highest BCUT2D eigenvalue weighted by Crippen LogP contribution is 2.36. The van der Waals surface area contributed by atoms with Crippen molar-refractivity contribution in [3.8, 4) is 22.8 Å². The van der Waals surface area contributed by atoms with Crippen LogP contribution in [-0.2, 0) is 16.2 Å². The van der Waals surface area contributed by atoms with E-state index in [0.29, 0.717) is 37.9 Å². The second-order valence-electron chi connectivity index (χ2n) is 9.84. The third-order valence-electron chi connectivity index (χ3n) is 6.46. The fourth-order valence-electron chi connectivity index (χ4n) is 4.32. The Balaban J connectivity index is 1.60. The molecule has 1 aromatic carbocycles. The van der Waals surface area contributed by atoms with Crippen molar-refractivity contribution in [3.63, 3.8) is 0 Å². The maximum absolute atomic E-state index is 15.0. The highest BCUT2D eigenvalue weighted by molar-refractivity contribution is 7.88. The van der Waals surface area contributed by atoms with E-state index in [4.69, 9.17) is 4.74 Å². The molecule has 3 heterocycles. The second kappa shape index (κ2) is 11.7. The van der Waals surface area contributed by atoms with Crippen LogP contribution in [0.3, 0.4) is 0 Å². The first-order valence-corrected chi connectivity index (χ1v) is 14.4. The fourth-order valence-corrected chi connectivity index (χ4v) is 5.19. The molecular weight excluding hydrogens is 554 g/mol. The van der Waals surface area contributed by atoms with Crippen LogP contribution in [-0.4, -0.2) is 89.8 Å². The number of piperidine rings is 1. The van der Waals surface area contributed by atoms with Gasteiger partial charge in [-0.15, -0.1) is 0 Å². The van der Waals surface area contributed by atoms with Gasteiger partial charge < -0.3 is 19.5 Å². The summed E-state index contributed by atoms with van der Waals surface area (Å²) in [6.07, 6.45) is -0.766. The van der Waals surface area contributed by atoms with E-state index >= 15 is 4.39 Å². The van der Waals surface area contributed by atoms with Crippen LogP contribution in [0.2, 0.25) is 0 Å². The molecule has 1 saturated heterocycles. The molecule has 10 nitrogen and oxygen atoms in total. The number of benzene rings is 1. The molecule has 1 fully saturated rings. The van der Waals surface area contributed by atoms with Gasteiger partial charge in [0.25, 0.3) is 0 Å². The number of rotatable bonds is 9. The van der Waals surface area contributed by atoms with E-state index in [0.717, 1.165) is 6.26 Å². The Morgan fingerprint density at radius 1 is 1.18 bits per heavy atom. The second-order valence-corrected chi connectivity index (χ2v) is 11.8. The first-order valence-electron chi connectivity index (χ1n) is 12.5. The molecule has 218 valence electrons. The van der Waals surface area contributed by atoms with Crippen molar-refractivity contribution in [1.82, 2.24) is 28.7 Å². The largest absolute Gasteiger partial charge is 0.492 e.